The summed E-state index contributed by atoms with van der Waals surface area (Å²) in [6.45, 7) is 1.64. The minimum Gasteiger partial charge on any atom is -0.504 e. The molecule has 1 amide bonds. The highest BCUT2D eigenvalue weighted by Crippen LogP contribution is 2.35. The molecule has 0 radical (unpaired) electrons. The molecular weight excluding hydrogens is 366 g/mol. The van der Waals surface area contributed by atoms with Crippen LogP contribution in [0.4, 0.5) is 5.69 Å². The van der Waals surface area contributed by atoms with E-state index in [1.807, 2.05) is 0 Å². The maximum atomic E-state index is 12.5. The number of nitrogens with one attached hydrogen (secondary N) is 1. The average Bonchev–Trinajstić information content (AvgIpc) is 2.68. The lowest BCUT2D eigenvalue weighted by molar-refractivity contribution is -0.115. The highest BCUT2D eigenvalue weighted by atomic mass is 16.5. The molecular formula is C20H19NO7. The fourth-order valence-electron chi connectivity index (χ4n) is 2.90. The van der Waals surface area contributed by atoms with Crippen molar-refractivity contribution in [3.8, 4) is 23.0 Å². The third-order valence-corrected chi connectivity index (χ3v) is 4.43. The van der Waals surface area contributed by atoms with E-state index in [0.717, 1.165) is 0 Å². The Morgan fingerprint density at radius 3 is 2.57 bits per heavy atom. The number of hydrogen-bond donors (Lipinski definition) is 3. The highest BCUT2D eigenvalue weighted by molar-refractivity contribution is 5.95. The third kappa shape index (κ3) is 3.44. The van der Waals surface area contributed by atoms with E-state index in [2.05, 4.69) is 5.32 Å². The Labute approximate surface area is 159 Å². The fourth-order valence-corrected chi connectivity index (χ4v) is 2.90. The number of ether oxygens (including phenoxy) is 2. The van der Waals surface area contributed by atoms with Gasteiger partial charge in [-0.25, -0.2) is 4.79 Å². The van der Waals surface area contributed by atoms with Crippen molar-refractivity contribution in [2.45, 2.75) is 13.3 Å². The molecule has 3 N–H and O–H groups in total. The summed E-state index contributed by atoms with van der Waals surface area (Å²) >= 11 is 0. The van der Waals surface area contributed by atoms with E-state index < -0.39 is 23.0 Å². The molecule has 0 saturated heterocycles. The standard InChI is InChI=1S/C20H19NO7/c1-10-12-5-6-15(22)18(24)19(12)28-20(25)13(10)9-17(23)21-14-8-11(26-2)4-7-16(14)27-3/h4-8,22,24H,9H2,1-3H3,(H,21,23). The van der Waals surface area contributed by atoms with Crippen LogP contribution in [-0.2, 0) is 11.2 Å². The molecule has 2 aromatic carbocycles. The van der Waals surface area contributed by atoms with Gasteiger partial charge in [-0.2, -0.15) is 0 Å². The molecule has 0 fully saturated rings. The Hall–Kier alpha value is -3.68. The van der Waals surface area contributed by atoms with E-state index in [4.69, 9.17) is 13.9 Å². The summed E-state index contributed by atoms with van der Waals surface area (Å²) in [5.74, 6) is -0.394. The van der Waals surface area contributed by atoms with Crippen LogP contribution in [0.3, 0.4) is 0 Å². The van der Waals surface area contributed by atoms with Crippen molar-refractivity contribution >= 4 is 22.6 Å². The summed E-state index contributed by atoms with van der Waals surface area (Å²) in [6, 6.07) is 7.75. The van der Waals surface area contributed by atoms with Crippen molar-refractivity contribution in [1.29, 1.82) is 0 Å². The van der Waals surface area contributed by atoms with E-state index in [9.17, 15) is 19.8 Å². The lowest BCUT2D eigenvalue weighted by Gasteiger charge is -2.13. The second kappa shape index (κ2) is 7.51. The molecule has 1 heterocycles. The van der Waals surface area contributed by atoms with Crippen LogP contribution in [0.1, 0.15) is 11.1 Å². The van der Waals surface area contributed by atoms with Crippen molar-refractivity contribution in [3.05, 3.63) is 51.9 Å². The maximum Gasteiger partial charge on any atom is 0.340 e. The molecule has 0 bridgehead atoms. The number of phenolic OH excluding ortho intramolecular Hbond substituents is 2. The van der Waals surface area contributed by atoms with Crippen LogP contribution in [0, 0.1) is 6.92 Å². The fraction of sp³-hybridized carbons (Fsp3) is 0.200. The van der Waals surface area contributed by atoms with Crippen molar-refractivity contribution in [2.24, 2.45) is 0 Å². The van der Waals surface area contributed by atoms with E-state index in [-0.39, 0.29) is 17.6 Å². The Morgan fingerprint density at radius 2 is 1.89 bits per heavy atom. The SMILES string of the molecule is COc1ccc(OC)c(NC(=O)Cc2c(C)c3ccc(O)c(O)c3oc2=O)c1. The number of carbonyl (C=O) groups is 1. The molecule has 0 aliphatic heterocycles. The Balaban J connectivity index is 1.94. The van der Waals surface area contributed by atoms with Crippen LogP contribution in [0.2, 0.25) is 0 Å². The summed E-state index contributed by atoms with van der Waals surface area (Å²) in [5, 5.41) is 22.6. The normalized spacial score (nSPS) is 10.7. The molecule has 0 aliphatic carbocycles. The molecule has 0 atom stereocenters. The highest BCUT2D eigenvalue weighted by Gasteiger charge is 2.19. The number of phenols is 2. The van der Waals surface area contributed by atoms with Crippen molar-refractivity contribution < 1.29 is 28.9 Å². The van der Waals surface area contributed by atoms with Gasteiger partial charge in [-0.3, -0.25) is 4.79 Å². The molecule has 0 spiro atoms. The zero-order chi connectivity index (χ0) is 20.4. The molecule has 1 aromatic heterocycles. The number of fused-ring (bicyclic) bond motifs is 1. The summed E-state index contributed by atoms with van der Waals surface area (Å²) < 4.78 is 15.5. The van der Waals surface area contributed by atoms with Gasteiger partial charge in [0.25, 0.3) is 0 Å². The van der Waals surface area contributed by atoms with E-state index in [0.29, 0.717) is 28.1 Å². The number of aryl methyl sites for hydroxylation is 1. The number of amides is 1. The van der Waals surface area contributed by atoms with Crippen molar-refractivity contribution in [3.63, 3.8) is 0 Å². The molecule has 0 aliphatic rings. The van der Waals surface area contributed by atoms with Gasteiger partial charge in [0.1, 0.15) is 11.5 Å². The van der Waals surface area contributed by atoms with Crippen LogP contribution >= 0.6 is 0 Å². The van der Waals surface area contributed by atoms with Gasteiger partial charge in [0.05, 0.1) is 31.9 Å². The van der Waals surface area contributed by atoms with E-state index in [1.54, 1.807) is 25.1 Å². The summed E-state index contributed by atoms with van der Waals surface area (Å²) in [6.07, 6.45) is -0.244. The lowest BCUT2D eigenvalue weighted by atomic mass is 10.0. The summed E-state index contributed by atoms with van der Waals surface area (Å²) in [4.78, 5) is 24.9. The van der Waals surface area contributed by atoms with Gasteiger partial charge in [-0.05, 0) is 36.8 Å². The van der Waals surface area contributed by atoms with Gasteiger partial charge in [-0.15, -0.1) is 0 Å². The van der Waals surface area contributed by atoms with Crippen LogP contribution < -0.4 is 20.4 Å². The molecule has 3 rings (SSSR count). The maximum absolute atomic E-state index is 12.5. The van der Waals surface area contributed by atoms with Gasteiger partial charge >= 0.3 is 5.63 Å². The number of methoxy groups -OCH3 is 2. The molecule has 8 nitrogen and oxygen atoms in total. The first-order chi connectivity index (χ1) is 13.3. The number of aromatic hydroxyl groups is 2. The zero-order valence-corrected chi connectivity index (χ0v) is 15.5. The van der Waals surface area contributed by atoms with Gasteiger partial charge in [0.15, 0.2) is 11.3 Å². The van der Waals surface area contributed by atoms with Crippen LogP contribution in [0.5, 0.6) is 23.0 Å². The number of anilines is 1. The first kappa shape index (κ1) is 19.1. The molecule has 28 heavy (non-hydrogen) atoms. The van der Waals surface area contributed by atoms with Crippen LogP contribution in [0.15, 0.2) is 39.5 Å². The molecule has 8 heteroatoms. The molecule has 0 saturated carbocycles. The third-order valence-electron chi connectivity index (χ3n) is 4.43. The smallest absolute Gasteiger partial charge is 0.340 e. The predicted molar refractivity (Wildman–Crippen MR) is 102 cm³/mol. The zero-order valence-electron chi connectivity index (χ0n) is 15.5. The topological polar surface area (TPSA) is 118 Å². The summed E-state index contributed by atoms with van der Waals surface area (Å²) in [7, 11) is 2.98. The Bertz CT molecular complexity index is 1120. The van der Waals surface area contributed by atoms with Crippen molar-refractivity contribution in [1.82, 2.24) is 0 Å². The van der Waals surface area contributed by atoms with Crippen LogP contribution in [-0.4, -0.2) is 30.3 Å². The quantitative estimate of drug-likeness (QED) is 0.456. The Kier molecular flexibility index (Phi) is 5.12. The predicted octanol–water partition coefficient (Wildman–Crippen LogP) is 2.71. The van der Waals surface area contributed by atoms with Gasteiger partial charge < -0.3 is 29.4 Å². The molecule has 146 valence electrons. The first-order valence-corrected chi connectivity index (χ1v) is 8.34. The molecule has 0 unspecified atom stereocenters. The van der Waals surface area contributed by atoms with Gasteiger partial charge in [0, 0.05) is 11.5 Å². The van der Waals surface area contributed by atoms with Crippen molar-refractivity contribution in [2.75, 3.05) is 19.5 Å². The second-order valence-corrected chi connectivity index (χ2v) is 6.09. The second-order valence-electron chi connectivity index (χ2n) is 6.09. The largest absolute Gasteiger partial charge is 0.504 e. The number of benzene rings is 2. The summed E-state index contributed by atoms with van der Waals surface area (Å²) in [5.41, 5.74) is 0.142. The minimum atomic E-state index is -0.765. The number of carbonyl (C=O) groups excluding carboxylic acids is 1. The van der Waals surface area contributed by atoms with Gasteiger partial charge in [0.2, 0.25) is 11.7 Å². The van der Waals surface area contributed by atoms with E-state index >= 15 is 0 Å². The Morgan fingerprint density at radius 1 is 1.14 bits per heavy atom. The number of hydrogen-bond acceptors (Lipinski definition) is 7. The average molecular weight is 385 g/mol. The lowest BCUT2D eigenvalue weighted by Crippen LogP contribution is -2.21. The number of rotatable bonds is 5. The monoisotopic (exact) mass is 385 g/mol. The first-order valence-electron chi connectivity index (χ1n) is 8.34. The van der Waals surface area contributed by atoms with E-state index in [1.165, 1.54) is 26.4 Å². The van der Waals surface area contributed by atoms with Crippen LogP contribution in [0.25, 0.3) is 11.0 Å². The minimum absolute atomic E-state index is 0.124. The van der Waals surface area contributed by atoms with Gasteiger partial charge in [-0.1, -0.05) is 0 Å². The molecule has 3 aromatic rings.